The molecule has 2 heterocycles. The Morgan fingerprint density at radius 1 is 1.47 bits per heavy atom. The number of carboxylic acid groups (broad SMARTS) is 1. The third-order valence-corrected chi connectivity index (χ3v) is 3.70. The van der Waals surface area contributed by atoms with Crippen LogP contribution in [0.2, 0.25) is 0 Å². The second kappa shape index (κ2) is 4.05. The van der Waals surface area contributed by atoms with Crippen LogP contribution in [-0.2, 0) is 4.79 Å². The maximum absolute atomic E-state index is 11.0. The summed E-state index contributed by atoms with van der Waals surface area (Å²) in [5.74, 6) is 0.645. The SMILES string of the molecule is O=C(O)[C@@H]1CCCN(c2cc(C3CC3)[nH]n2)C1. The predicted octanol–water partition coefficient (Wildman–Crippen LogP) is 1.59. The number of hydrogen-bond donors (Lipinski definition) is 2. The zero-order chi connectivity index (χ0) is 11.8. The summed E-state index contributed by atoms with van der Waals surface area (Å²) >= 11 is 0. The maximum Gasteiger partial charge on any atom is 0.308 e. The molecule has 2 fully saturated rings. The highest BCUT2D eigenvalue weighted by atomic mass is 16.4. The van der Waals surface area contributed by atoms with E-state index in [-0.39, 0.29) is 5.92 Å². The fraction of sp³-hybridized carbons (Fsp3) is 0.667. The highest BCUT2D eigenvalue weighted by molar-refractivity contribution is 5.71. The van der Waals surface area contributed by atoms with Crippen LogP contribution >= 0.6 is 0 Å². The summed E-state index contributed by atoms with van der Waals surface area (Å²) in [4.78, 5) is 13.1. The smallest absolute Gasteiger partial charge is 0.308 e. The van der Waals surface area contributed by atoms with Crippen LogP contribution in [0.1, 0.15) is 37.3 Å². The zero-order valence-corrected chi connectivity index (χ0v) is 9.72. The van der Waals surface area contributed by atoms with Crippen molar-refractivity contribution in [3.63, 3.8) is 0 Å². The molecule has 5 heteroatoms. The fourth-order valence-corrected chi connectivity index (χ4v) is 2.48. The minimum Gasteiger partial charge on any atom is -0.481 e. The van der Waals surface area contributed by atoms with Crippen LogP contribution in [-0.4, -0.2) is 34.4 Å². The lowest BCUT2D eigenvalue weighted by Gasteiger charge is -2.30. The minimum absolute atomic E-state index is 0.246. The van der Waals surface area contributed by atoms with Crippen molar-refractivity contribution >= 4 is 11.8 Å². The normalized spacial score (nSPS) is 24.9. The lowest BCUT2D eigenvalue weighted by Crippen LogP contribution is -2.38. The van der Waals surface area contributed by atoms with Gasteiger partial charge < -0.3 is 10.0 Å². The van der Waals surface area contributed by atoms with Crippen LogP contribution < -0.4 is 4.90 Å². The van der Waals surface area contributed by atoms with Crippen LogP contribution in [0.5, 0.6) is 0 Å². The van der Waals surface area contributed by atoms with Crippen molar-refractivity contribution in [3.05, 3.63) is 11.8 Å². The van der Waals surface area contributed by atoms with Crippen LogP contribution in [0.25, 0.3) is 0 Å². The quantitative estimate of drug-likeness (QED) is 0.834. The second-order valence-corrected chi connectivity index (χ2v) is 5.08. The van der Waals surface area contributed by atoms with E-state index in [1.54, 1.807) is 0 Å². The van der Waals surface area contributed by atoms with E-state index in [1.807, 2.05) is 0 Å². The van der Waals surface area contributed by atoms with Crippen LogP contribution in [0, 0.1) is 5.92 Å². The number of piperidine rings is 1. The van der Waals surface area contributed by atoms with E-state index in [9.17, 15) is 4.79 Å². The van der Waals surface area contributed by atoms with Gasteiger partial charge in [0, 0.05) is 30.8 Å². The van der Waals surface area contributed by atoms with Crippen molar-refractivity contribution in [1.29, 1.82) is 0 Å². The van der Waals surface area contributed by atoms with Gasteiger partial charge in [0.15, 0.2) is 5.82 Å². The number of rotatable bonds is 3. The third kappa shape index (κ3) is 2.14. The molecule has 0 amide bonds. The Balaban J connectivity index is 1.71. The van der Waals surface area contributed by atoms with E-state index in [1.165, 1.54) is 18.5 Å². The molecule has 1 saturated carbocycles. The Morgan fingerprint density at radius 3 is 3.00 bits per heavy atom. The molecule has 1 aromatic heterocycles. The topological polar surface area (TPSA) is 69.2 Å². The van der Waals surface area contributed by atoms with Crippen molar-refractivity contribution < 1.29 is 9.90 Å². The Labute approximate surface area is 99.8 Å². The van der Waals surface area contributed by atoms with Gasteiger partial charge >= 0.3 is 5.97 Å². The number of H-pyrrole nitrogens is 1. The molecule has 2 aliphatic rings. The Hall–Kier alpha value is -1.52. The average molecular weight is 235 g/mol. The van der Waals surface area contributed by atoms with Gasteiger partial charge in [-0.05, 0) is 25.7 Å². The summed E-state index contributed by atoms with van der Waals surface area (Å²) in [7, 11) is 0. The van der Waals surface area contributed by atoms with Crippen LogP contribution in [0.4, 0.5) is 5.82 Å². The van der Waals surface area contributed by atoms with Gasteiger partial charge in [-0.25, -0.2) is 0 Å². The molecule has 0 spiro atoms. The second-order valence-electron chi connectivity index (χ2n) is 5.08. The van der Waals surface area contributed by atoms with Gasteiger partial charge in [-0.3, -0.25) is 9.89 Å². The van der Waals surface area contributed by atoms with E-state index in [2.05, 4.69) is 21.2 Å². The monoisotopic (exact) mass is 235 g/mol. The molecule has 92 valence electrons. The number of aromatic nitrogens is 2. The first kappa shape index (κ1) is 10.6. The van der Waals surface area contributed by atoms with Gasteiger partial charge in [-0.1, -0.05) is 0 Å². The largest absolute Gasteiger partial charge is 0.481 e. The van der Waals surface area contributed by atoms with Gasteiger partial charge in [-0.2, -0.15) is 5.10 Å². The van der Waals surface area contributed by atoms with Crippen molar-refractivity contribution in [3.8, 4) is 0 Å². The molecule has 0 unspecified atom stereocenters. The highest BCUT2D eigenvalue weighted by Crippen LogP contribution is 2.40. The van der Waals surface area contributed by atoms with Gasteiger partial charge in [0.05, 0.1) is 5.92 Å². The standard InChI is InChI=1S/C12H17N3O2/c16-12(17)9-2-1-5-15(7-9)11-6-10(13-14-11)8-3-4-8/h6,8-9H,1-5,7H2,(H,13,14)(H,16,17)/t9-/m1/s1. The summed E-state index contributed by atoms with van der Waals surface area (Å²) in [6.07, 6.45) is 4.22. The Morgan fingerprint density at radius 2 is 2.29 bits per heavy atom. The molecule has 0 bridgehead atoms. The molecule has 1 aromatic rings. The lowest BCUT2D eigenvalue weighted by atomic mass is 9.98. The van der Waals surface area contributed by atoms with Gasteiger partial charge in [0.1, 0.15) is 0 Å². The lowest BCUT2D eigenvalue weighted by molar-refractivity contribution is -0.141. The molecule has 1 aliphatic carbocycles. The molecule has 0 radical (unpaired) electrons. The number of nitrogens with one attached hydrogen (secondary N) is 1. The molecule has 5 nitrogen and oxygen atoms in total. The molecular formula is C12H17N3O2. The van der Waals surface area contributed by atoms with Gasteiger partial charge in [-0.15, -0.1) is 0 Å². The molecular weight excluding hydrogens is 218 g/mol. The number of anilines is 1. The number of hydrogen-bond acceptors (Lipinski definition) is 3. The molecule has 3 rings (SSSR count). The number of nitrogens with zero attached hydrogens (tertiary/aromatic N) is 2. The van der Waals surface area contributed by atoms with E-state index in [0.717, 1.165) is 25.2 Å². The van der Waals surface area contributed by atoms with Crippen molar-refractivity contribution in [1.82, 2.24) is 10.2 Å². The number of carbonyl (C=O) groups is 1. The van der Waals surface area contributed by atoms with E-state index >= 15 is 0 Å². The van der Waals surface area contributed by atoms with Gasteiger partial charge in [0.2, 0.25) is 0 Å². The van der Waals surface area contributed by atoms with E-state index in [0.29, 0.717) is 12.5 Å². The molecule has 1 aliphatic heterocycles. The summed E-state index contributed by atoms with van der Waals surface area (Å²) in [5, 5.41) is 16.4. The van der Waals surface area contributed by atoms with E-state index < -0.39 is 5.97 Å². The van der Waals surface area contributed by atoms with Crippen molar-refractivity contribution in [2.45, 2.75) is 31.6 Å². The summed E-state index contributed by atoms with van der Waals surface area (Å²) in [6, 6.07) is 2.09. The Kier molecular flexibility index (Phi) is 2.53. The van der Waals surface area contributed by atoms with Crippen molar-refractivity contribution in [2.24, 2.45) is 5.92 Å². The Bertz CT molecular complexity index is 425. The average Bonchev–Trinajstić information content (AvgIpc) is 3.07. The summed E-state index contributed by atoms with van der Waals surface area (Å²) in [6.45, 7) is 1.50. The number of carboxylic acids is 1. The first-order valence-electron chi connectivity index (χ1n) is 6.27. The maximum atomic E-state index is 11.0. The molecule has 1 atom stereocenters. The predicted molar refractivity (Wildman–Crippen MR) is 63.1 cm³/mol. The van der Waals surface area contributed by atoms with Gasteiger partial charge in [0.25, 0.3) is 0 Å². The molecule has 2 N–H and O–H groups in total. The minimum atomic E-state index is -0.687. The molecule has 17 heavy (non-hydrogen) atoms. The van der Waals surface area contributed by atoms with Crippen molar-refractivity contribution in [2.75, 3.05) is 18.0 Å². The summed E-state index contributed by atoms with van der Waals surface area (Å²) in [5.41, 5.74) is 1.21. The third-order valence-electron chi connectivity index (χ3n) is 3.70. The van der Waals surface area contributed by atoms with Crippen LogP contribution in [0.3, 0.4) is 0 Å². The summed E-state index contributed by atoms with van der Waals surface area (Å²) < 4.78 is 0. The first-order valence-corrected chi connectivity index (χ1v) is 6.27. The number of aromatic amines is 1. The highest BCUT2D eigenvalue weighted by Gasteiger charge is 2.29. The first-order chi connectivity index (χ1) is 8.24. The number of aliphatic carboxylic acids is 1. The molecule has 0 aromatic carbocycles. The zero-order valence-electron chi connectivity index (χ0n) is 9.72. The molecule has 1 saturated heterocycles. The fourth-order valence-electron chi connectivity index (χ4n) is 2.48. The van der Waals surface area contributed by atoms with Crippen LogP contribution in [0.15, 0.2) is 6.07 Å². The van der Waals surface area contributed by atoms with E-state index in [4.69, 9.17) is 5.11 Å².